The van der Waals surface area contributed by atoms with Gasteiger partial charge in [0.15, 0.2) is 5.75 Å². The van der Waals surface area contributed by atoms with Crippen molar-refractivity contribution in [2.75, 3.05) is 26.7 Å². The molecule has 1 atom stereocenters. The largest absolute Gasteiger partial charge is 0.490 e. The van der Waals surface area contributed by atoms with Gasteiger partial charge in [0, 0.05) is 43.8 Å². The van der Waals surface area contributed by atoms with Crippen molar-refractivity contribution in [2.24, 2.45) is 0 Å². The average molecular weight is 393 g/mol. The summed E-state index contributed by atoms with van der Waals surface area (Å²) in [4.78, 5) is 49.0. The Balaban J connectivity index is 2.13. The molecule has 1 fully saturated rings. The Kier molecular flexibility index (Phi) is 6.91. The second-order valence-corrected chi connectivity index (χ2v) is 6.56. The molecule has 1 N–H and O–H groups in total. The zero-order chi connectivity index (χ0) is 20.8. The Morgan fingerprint density at radius 3 is 2.61 bits per heavy atom. The lowest BCUT2D eigenvalue weighted by atomic mass is 10.1. The molecular weight excluding hydrogens is 370 g/mol. The molecule has 2 amide bonds. The molecule has 1 saturated heterocycles. The fourth-order valence-corrected chi connectivity index (χ4v) is 3.38. The summed E-state index contributed by atoms with van der Waals surface area (Å²) in [5.41, 5.74) is 0.0515. The van der Waals surface area contributed by atoms with Gasteiger partial charge in [-0.15, -0.1) is 0 Å². The van der Waals surface area contributed by atoms with E-state index in [0.29, 0.717) is 32.4 Å². The van der Waals surface area contributed by atoms with Crippen LogP contribution in [0.3, 0.4) is 0 Å². The average Bonchev–Trinajstić information content (AvgIpc) is 2.90. The molecule has 1 unspecified atom stereocenters. The molecule has 10 heteroatoms. The molecule has 1 heterocycles. The Hall–Kier alpha value is -3.17. The molecule has 0 radical (unpaired) electrons. The first-order chi connectivity index (χ1) is 13.2. The van der Waals surface area contributed by atoms with Crippen molar-refractivity contribution in [3.63, 3.8) is 0 Å². The van der Waals surface area contributed by atoms with Gasteiger partial charge in [0.05, 0.1) is 12.0 Å². The number of aliphatic carboxylic acids is 1. The fraction of sp³-hybridized carbons (Fsp3) is 0.500. The lowest BCUT2D eigenvalue weighted by molar-refractivity contribution is -0.385. The molecule has 2 rings (SSSR count). The molecule has 1 aromatic rings. The number of nitrogens with zero attached hydrogens (tertiary/aromatic N) is 3. The number of carboxylic acids is 1. The number of nitro benzene ring substituents is 1. The zero-order valence-corrected chi connectivity index (χ0v) is 15.8. The Morgan fingerprint density at radius 2 is 2.04 bits per heavy atom. The van der Waals surface area contributed by atoms with E-state index in [4.69, 9.17) is 9.84 Å². The second kappa shape index (κ2) is 9.16. The lowest BCUT2D eigenvalue weighted by Gasteiger charge is -2.28. The maximum atomic E-state index is 12.8. The van der Waals surface area contributed by atoms with E-state index in [2.05, 4.69) is 0 Å². The highest BCUT2D eigenvalue weighted by Crippen LogP contribution is 2.28. The van der Waals surface area contributed by atoms with Crippen LogP contribution in [0.15, 0.2) is 18.2 Å². The molecule has 28 heavy (non-hydrogen) atoms. The van der Waals surface area contributed by atoms with Crippen LogP contribution >= 0.6 is 0 Å². The van der Waals surface area contributed by atoms with Crippen LogP contribution in [0, 0.1) is 10.1 Å². The summed E-state index contributed by atoms with van der Waals surface area (Å²) in [7, 11) is 1.30. The Morgan fingerprint density at radius 1 is 1.32 bits per heavy atom. The first kappa shape index (κ1) is 21.1. The van der Waals surface area contributed by atoms with Gasteiger partial charge >= 0.3 is 11.7 Å². The van der Waals surface area contributed by atoms with Gasteiger partial charge in [-0.05, 0) is 25.3 Å². The van der Waals surface area contributed by atoms with Gasteiger partial charge in [0.25, 0.3) is 5.91 Å². The van der Waals surface area contributed by atoms with Crippen molar-refractivity contribution in [3.05, 3.63) is 33.9 Å². The number of hydrogen-bond acceptors (Lipinski definition) is 6. The number of carbonyl (C=O) groups excluding carboxylic acids is 2. The number of carboxylic acid groups (broad SMARTS) is 1. The standard InChI is InChI=1S/C18H23N3O7/c1-12(22)20(11-17(23)24)14-4-3-8-19(9-7-14)18(25)13-5-6-15(21(26)27)16(10-13)28-2/h5-6,10,14H,3-4,7-9,11H2,1-2H3,(H,23,24). The van der Waals surface area contributed by atoms with E-state index in [1.54, 1.807) is 4.90 Å². The SMILES string of the molecule is COc1cc(C(=O)N2CCCC(N(CC(=O)O)C(C)=O)CC2)ccc1[N+](=O)[O-]. The number of hydrogen-bond donors (Lipinski definition) is 1. The number of ether oxygens (including phenoxy) is 1. The van der Waals surface area contributed by atoms with Crippen LogP contribution in [0.4, 0.5) is 5.69 Å². The van der Waals surface area contributed by atoms with E-state index in [-0.39, 0.29) is 41.4 Å². The highest BCUT2D eigenvalue weighted by molar-refractivity contribution is 5.95. The molecule has 0 aromatic heterocycles. The van der Waals surface area contributed by atoms with Crippen molar-refractivity contribution >= 4 is 23.5 Å². The fourth-order valence-electron chi connectivity index (χ4n) is 3.38. The van der Waals surface area contributed by atoms with E-state index in [9.17, 15) is 24.5 Å². The molecule has 1 aromatic carbocycles. The lowest BCUT2D eigenvalue weighted by Crippen LogP contribution is -2.43. The van der Waals surface area contributed by atoms with E-state index >= 15 is 0 Å². The quantitative estimate of drug-likeness (QED) is 0.573. The minimum absolute atomic E-state index is 0.00719. The molecule has 10 nitrogen and oxygen atoms in total. The minimum atomic E-state index is -1.08. The van der Waals surface area contributed by atoms with E-state index in [1.807, 2.05) is 0 Å². The van der Waals surface area contributed by atoms with Gasteiger partial charge in [0.1, 0.15) is 6.54 Å². The van der Waals surface area contributed by atoms with Crippen molar-refractivity contribution < 1.29 is 29.2 Å². The topological polar surface area (TPSA) is 130 Å². The minimum Gasteiger partial charge on any atom is -0.490 e. The summed E-state index contributed by atoms with van der Waals surface area (Å²) in [6, 6.07) is 3.71. The summed E-state index contributed by atoms with van der Waals surface area (Å²) in [5.74, 6) is -1.67. The molecule has 1 aliphatic rings. The van der Waals surface area contributed by atoms with Gasteiger partial charge in [0.2, 0.25) is 5.91 Å². The normalized spacial score (nSPS) is 16.8. The number of rotatable bonds is 6. The summed E-state index contributed by atoms with van der Waals surface area (Å²) in [6.07, 6.45) is 1.67. The molecule has 0 aliphatic carbocycles. The van der Waals surface area contributed by atoms with Crippen molar-refractivity contribution in [1.82, 2.24) is 9.80 Å². The molecule has 152 valence electrons. The molecule has 0 spiro atoms. The smallest absolute Gasteiger partial charge is 0.323 e. The van der Waals surface area contributed by atoms with Crippen LogP contribution in [0.25, 0.3) is 0 Å². The van der Waals surface area contributed by atoms with Crippen LogP contribution in [0.5, 0.6) is 5.75 Å². The third-order valence-corrected chi connectivity index (χ3v) is 4.76. The predicted molar refractivity (Wildman–Crippen MR) is 98.2 cm³/mol. The molecule has 1 aliphatic heterocycles. The van der Waals surface area contributed by atoms with Gasteiger partial charge in [-0.25, -0.2) is 0 Å². The summed E-state index contributed by atoms with van der Waals surface area (Å²) in [5, 5.41) is 20.0. The maximum absolute atomic E-state index is 12.8. The number of amides is 2. The van der Waals surface area contributed by atoms with E-state index < -0.39 is 10.9 Å². The first-order valence-corrected chi connectivity index (χ1v) is 8.85. The molecule has 0 saturated carbocycles. The Bertz CT molecular complexity index is 780. The van der Waals surface area contributed by atoms with Crippen molar-refractivity contribution in [1.29, 1.82) is 0 Å². The van der Waals surface area contributed by atoms with Crippen LogP contribution in [0.1, 0.15) is 36.5 Å². The Labute approximate surface area is 161 Å². The predicted octanol–water partition coefficient (Wildman–Crippen LogP) is 1.53. The number of methoxy groups -OCH3 is 1. The van der Waals surface area contributed by atoms with Gasteiger partial charge in [-0.1, -0.05) is 0 Å². The van der Waals surface area contributed by atoms with Gasteiger partial charge < -0.3 is 19.6 Å². The van der Waals surface area contributed by atoms with Crippen LogP contribution < -0.4 is 4.74 Å². The molecular formula is C18H23N3O7. The summed E-state index contributed by atoms with van der Waals surface area (Å²) in [6.45, 7) is 1.77. The first-order valence-electron chi connectivity index (χ1n) is 8.85. The van der Waals surface area contributed by atoms with Crippen molar-refractivity contribution in [2.45, 2.75) is 32.2 Å². The number of carbonyl (C=O) groups is 3. The zero-order valence-electron chi connectivity index (χ0n) is 15.8. The van der Waals surface area contributed by atoms with Crippen LogP contribution in [-0.2, 0) is 9.59 Å². The monoisotopic (exact) mass is 393 g/mol. The van der Waals surface area contributed by atoms with Crippen LogP contribution in [0.2, 0.25) is 0 Å². The maximum Gasteiger partial charge on any atom is 0.323 e. The van der Waals surface area contributed by atoms with Gasteiger partial charge in [-0.3, -0.25) is 24.5 Å². The summed E-state index contributed by atoms with van der Waals surface area (Å²) >= 11 is 0. The number of nitro groups is 1. The van der Waals surface area contributed by atoms with E-state index in [0.717, 1.165) is 0 Å². The highest BCUT2D eigenvalue weighted by Gasteiger charge is 2.28. The van der Waals surface area contributed by atoms with Crippen molar-refractivity contribution in [3.8, 4) is 5.75 Å². The highest BCUT2D eigenvalue weighted by atomic mass is 16.6. The number of benzene rings is 1. The summed E-state index contributed by atoms with van der Waals surface area (Å²) < 4.78 is 5.01. The molecule has 0 bridgehead atoms. The third-order valence-electron chi connectivity index (χ3n) is 4.76. The van der Waals surface area contributed by atoms with E-state index in [1.165, 1.54) is 37.1 Å². The van der Waals surface area contributed by atoms with Crippen LogP contribution in [-0.4, -0.2) is 70.4 Å². The third kappa shape index (κ3) is 4.96. The van der Waals surface area contributed by atoms with Gasteiger partial charge in [-0.2, -0.15) is 0 Å². The number of likely N-dealkylation sites (tertiary alicyclic amines) is 1. The second-order valence-electron chi connectivity index (χ2n) is 6.56.